The molecule has 5 heteroatoms. The number of carbonyl (C=O) groups excluding carboxylic acids is 2. The number of ether oxygens (including phenoxy) is 1. The quantitative estimate of drug-likeness (QED) is 0.433. The van der Waals surface area contributed by atoms with Gasteiger partial charge in [0.15, 0.2) is 0 Å². The van der Waals surface area contributed by atoms with Crippen molar-refractivity contribution in [1.29, 1.82) is 0 Å². The van der Waals surface area contributed by atoms with E-state index in [9.17, 15) is 9.59 Å². The fourth-order valence-corrected chi connectivity index (χ4v) is 4.90. The highest BCUT2D eigenvalue weighted by Gasteiger charge is 2.31. The zero-order chi connectivity index (χ0) is 20.5. The van der Waals surface area contributed by atoms with Gasteiger partial charge >= 0.3 is 0 Å². The lowest BCUT2D eigenvalue weighted by atomic mass is 9.81. The Morgan fingerprint density at radius 1 is 1.10 bits per heavy atom. The van der Waals surface area contributed by atoms with Crippen molar-refractivity contribution in [3.05, 3.63) is 42.2 Å². The van der Waals surface area contributed by atoms with Gasteiger partial charge in [-0.05, 0) is 73.8 Å². The molecule has 1 saturated carbocycles. The Balaban J connectivity index is 1.36. The minimum absolute atomic E-state index is 0.00362. The summed E-state index contributed by atoms with van der Waals surface area (Å²) in [6.45, 7) is 4.25. The Kier molecular flexibility index (Phi) is 5.30. The molecule has 0 N–H and O–H groups in total. The van der Waals surface area contributed by atoms with E-state index in [-0.39, 0.29) is 23.9 Å². The smallest absolute Gasteiger partial charge is 0.147 e. The van der Waals surface area contributed by atoms with E-state index < -0.39 is 0 Å². The molecule has 1 aliphatic heterocycles. The third kappa shape index (κ3) is 3.74. The maximum absolute atomic E-state index is 12.5. The number of nitrogens with zero attached hydrogens (tertiary/aromatic N) is 1. The lowest BCUT2D eigenvalue weighted by molar-refractivity contribution is -0.130. The van der Waals surface area contributed by atoms with Crippen LogP contribution in [0, 0.1) is 0 Å². The van der Waals surface area contributed by atoms with Gasteiger partial charge in [0.2, 0.25) is 0 Å². The van der Waals surface area contributed by atoms with Crippen molar-refractivity contribution in [3.8, 4) is 5.75 Å². The van der Waals surface area contributed by atoms with Crippen LogP contribution in [0.3, 0.4) is 0 Å². The lowest BCUT2D eigenvalue weighted by Gasteiger charge is -2.19. The molecule has 2 aliphatic rings. The Morgan fingerprint density at radius 3 is 2.80 bits per heavy atom. The standard InChI is InChI=1S/C25H27NO4/c27-18-5-7-21(23(28)15-18)22-16-30-24-9-4-17-14-19(6-8-20(17)25(22)24)29-13-3-12-26-10-1-2-11-26/h4,6,8-9,14,16,21H,1-3,5,7,10-13,15H2/t21-/m1/s1. The van der Waals surface area contributed by atoms with Crippen LogP contribution >= 0.6 is 0 Å². The molecule has 1 aliphatic carbocycles. The molecule has 5 rings (SSSR count). The second-order valence-corrected chi connectivity index (χ2v) is 8.54. The number of rotatable bonds is 6. The largest absolute Gasteiger partial charge is 0.494 e. The van der Waals surface area contributed by atoms with E-state index in [2.05, 4.69) is 17.0 Å². The van der Waals surface area contributed by atoms with Crippen LogP contribution in [0.15, 0.2) is 41.0 Å². The topological polar surface area (TPSA) is 59.8 Å². The first kappa shape index (κ1) is 19.3. The summed E-state index contributed by atoms with van der Waals surface area (Å²) in [5.74, 6) is 0.660. The van der Waals surface area contributed by atoms with Gasteiger partial charge in [-0.25, -0.2) is 0 Å². The van der Waals surface area contributed by atoms with Crippen molar-refractivity contribution in [1.82, 2.24) is 4.90 Å². The predicted molar refractivity (Wildman–Crippen MR) is 116 cm³/mol. The van der Waals surface area contributed by atoms with Gasteiger partial charge < -0.3 is 14.1 Å². The zero-order valence-electron chi connectivity index (χ0n) is 17.2. The van der Waals surface area contributed by atoms with Gasteiger partial charge in [0, 0.05) is 29.8 Å². The molecule has 0 amide bonds. The third-order valence-corrected chi connectivity index (χ3v) is 6.49. The fourth-order valence-electron chi connectivity index (χ4n) is 4.90. The summed E-state index contributed by atoms with van der Waals surface area (Å²) in [5, 5.41) is 3.12. The zero-order valence-corrected chi connectivity index (χ0v) is 17.2. The SMILES string of the molecule is O=C1CC[C@H](c2coc3ccc4cc(OCCCN5CCCC5)ccc4c23)C(=O)C1. The van der Waals surface area contributed by atoms with Gasteiger partial charge in [-0.2, -0.15) is 0 Å². The van der Waals surface area contributed by atoms with E-state index in [0.29, 0.717) is 19.4 Å². The number of benzene rings is 2. The molecule has 1 saturated heterocycles. The van der Waals surface area contributed by atoms with Crippen molar-refractivity contribution in [2.45, 2.75) is 44.4 Å². The average molecular weight is 405 g/mol. The summed E-state index contributed by atoms with van der Waals surface area (Å²) in [6, 6.07) is 10.1. The molecule has 1 aromatic heterocycles. The van der Waals surface area contributed by atoms with E-state index in [0.717, 1.165) is 46.0 Å². The number of Topliss-reactive ketones (excluding diaryl/α,β-unsaturated/α-hetero) is 2. The minimum atomic E-state index is -0.254. The average Bonchev–Trinajstić information content (AvgIpc) is 3.41. The van der Waals surface area contributed by atoms with Crippen molar-refractivity contribution in [2.75, 3.05) is 26.2 Å². The van der Waals surface area contributed by atoms with Crippen LogP contribution in [-0.2, 0) is 9.59 Å². The van der Waals surface area contributed by atoms with Crippen molar-refractivity contribution in [2.24, 2.45) is 0 Å². The molecule has 156 valence electrons. The first-order chi connectivity index (χ1) is 14.7. The predicted octanol–water partition coefficient (Wildman–Crippen LogP) is 4.86. The third-order valence-electron chi connectivity index (χ3n) is 6.49. The summed E-state index contributed by atoms with van der Waals surface area (Å²) in [4.78, 5) is 26.6. The van der Waals surface area contributed by atoms with Gasteiger partial charge in [-0.3, -0.25) is 9.59 Å². The number of furan rings is 1. The van der Waals surface area contributed by atoms with Crippen LogP contribution in [0.5, 0.6) is 5.75 Å². The Labute approximate surface area is 176 Å². The van der Waals surface area contributed by atoms with E-state index in [1.807, 2.05) is 18.2 Å². The van der Waals surface area contributed by atoms with Crippen molar-refractivity contribution in [3.63, 3.8) is 0 Å². The van der Waals surface area contributed by atoms with Crippen LogP contribution in [0.1, 0.15) is 50.0 Å². The van der Waals surface area contributed by atoms with Crippen LogP contribution < -0.4 is 4.74 Å². The number of hydrogen-bond acceptors (Lipinski definition) is 5. The molecule has 3 aromatic rings. The maximum atomic E-state index is 12.5. The van der Waals surface area contributed by atoms with Crippen LogP contribution in [0.25, 0.3) is 21.7 Å². The molecule has 2 fully saturated rings. The normalized spacial score (nSPS) is 20.5. The Bertz CT molecular complexity index is 1090. The first-order valence-electron chi connectivity index (χ1n) is 11.0. The molecule has 0 unspecified atom stereocenters. The summed E-state index contributed by atoms with van der Waals surface area (Å²) >= 11 is 0. The van der Waals surface area contributed by atoms with Gasteiger partial charge in [-0.15, -0.1) is 0 Å². The monoisotopic (exact) mass is 405 g/mol. The molecular formula is C25H27NO4. The van der Waals surface area contributed by atoms with Gasteiger partial charge in [0.05, 0.1) is 19.3 Å². The Morgan fingerprint density at radius 2 is 1.97 bits per heavy atom. The van der Waals surface area contributed by atoms with Crippen LogP contribution in [0.2, 0.25) is 0 Å². The molecule has 5 nitrogen and oxygen atoms in total. The maximum Gasteiger partial charge on any atom is 0.147 e. The molecule has 30 heavy (non-hydrogen) atoms. The Hall–Kier alpha value is -2.66. The van der Waals surface area contributed by atoms with Crippen LogP contribution in [-0.4, -0.2) is 42.7 Å². The van der Waals surface area contributed by atoms with Crippen molar-refractivity contribution >= 4 is 33.3 Å². The van der Waals surface area contributed by atoms with E-state index >= 15 is 0 Å². The first-order valence-corrected chi connectivity index (χ1v) is 11.0. The summed E-state index contributed by atoms with van der Waals surface area (Å²) in [5.41, 5.74) is 1.69. The van der Waals surface area contributed by atoms with Gasteiger partial charge in [-0.1, -0.05) is 6.07 Å². The van der Waals surface area contributed by atoms with E-state index in [1.165, 1.54) is 25.9 Å². The van der Waals surface area contributed by atoms with Gasteiger partial charge in [0.25, 0.3) is 0 Å². The molecular weight excluding hydrogens is 378 g/mol. The van der Waals surface area contributed by atoms with Crippen LogP contribution in [0.4, 0.5) is 0 Å². The lowest BCUT2D eigenvalue weighted by Crippen LogP contribution is -2.23. The second-order valence-electron chi connectivity index (χ2n) is 8.54. The molecule has 0 spiro atoms. The number of carbonyl (C=O) groups is 2. The minimum Gasteiger partial charge on any atom is -0.494 e. The highest BCUT2D eigenvalue weighted by atomic mass is 16.5. The van der Waals surface area contributed by atoms with E-state index in [1.54, 1.807) is 6.26 Å². The molecule has 2 heterocycles. The van der Waals surface area contributed by atoms with Crippen molar-refractivity contribution < 1.29 is 18.7 Å². The molecule has 0 radical (unpaired) electrons. The number of likely N-dealkylation sites (tertiary alicyclic amines) is 1. The van der Waals surface area contributed by atoms with Gasteiger partial charge in [0.1, 0.15) is 22.9 Å². The number of ketones is 2. The molecule has 1 atom stereocenters. The highest BCUT2D eigenvalue weighted by Crippen LogP contribution is 2.38. The summed E-state index contributed by atoms with van der Waals surface area (Å²) < 4.78 is 11.8. The number of fused-ring (bicyclic) bond motifs is 3. The molecule has 0 bridgehead atoms. The number of hydrogen-bond donors (Lipinski definition) is 0. The fraction of sp³-hybridized carbons (Fsp3) is 0.440. The molecule has 2 aromatic carbocycles. The summed E-state index contributed by atoms with van der Waals surface area (Å²) in [6.07, 6.45) is 6.44. The summed E-state index contributed by atoms with van der Waals surface area (Å²) in [7, 11) is 0. The van der Waals surface area contributed by atoms with E-state index in [4.69, 9.17) is 9.15 Å². The second kappa shape index (κ2) is 8.23. The highest BCUT2D eigenvalue weighted by molar-refractivity contribution is 6.11.